The number of ketones is 1. The molecule has 3 heteroatoms. The highest BCUT2D eigenvalue weighted by Gasteiger charge is 2.09. The molecule has 0 bridgehead atoms. The Labute approximate surface area is 71.7 Å². The lowest BCUT2D eigenvalue weighted by Gasteiger charge is -1.99. The average Bonchev–Trinajstić information content (AvgIpc) is 2.34. The van der Waals surface area contributed by atoms with Gasteiger partial charge in [0.2, 0.25) is 0 Å². The largest absolute Gasteiger partial charge is 0.329 e. The first-order chi connectivity index (χ1) is 5.66. The Balaban J connectivity index is 2.95. The van der Waals surface area contributed by atoms with Crippen molar-refractivity contribution in [3.8, 4) is 0 Å². The maximum Gasteiger partial charge on any atom is 0.184 e. The highest BCUT2D eigenvalue weighted by atomic mass is 16.1. The normalized spacial score (nSPS) is 9.83. The van der Waals surface area contributed by atoms with Crippen molar-refractivity contribution in [2.75, 3.05) is 0 Å². The van der Waals surface area contributed by atoms with E-state index in [1.165, 1.54) is 0 Å². The van der Waals surface area contributed by atoms with Gasteiger partial charge in [0.1, 0.15) is 11.5 Å². The van der Waals surface area contributed by atoms with Crippen LogP contribution in [0.25, 0.3) is 0 Å². The fourth-order valence-electron chi connectivity index (χ4n) is 0.997. The molecule has 0 saturated heterocycles. The minimum atomic E-state index is 0.0631. The number of Topliss-reactive ketones (excluding diaryl/α,β-unsaturated/α-hetero) is 1. The van der Waals surface area contributed by atoms with E-state index in [-0.39, 0.29) is 5.78 Å². The van der Waals surface area contributed by atoms with Crippen LogP contribution < -0.4 is 0 Å². The van der Waals surface area contributed by atoms with E-state index in [1.807, 2.05) is 14.0 Å². The Morgan fingerprint density at radius 2 is 2.50 bits per heavy atom. The van der Waals surface area contributed by atoms with Gasteiger partial charge in [0.25, 0.3) is 0 Å². The summed E-state index contributed by atoms with van der Waals surface area (Å²) in [5, 5.41) is 0. The number of imidazole rings is 1. The van der Waals surface area contributed by atoms with Gasteiger partial charge in [0, 0.05) is 13.5 Å². The zero-order chi connectivity index (χ0) is 9.14. The number of allylic oxidation sites excluding steroid dienone is 1. The first-order valence-corrected chi connectivity index (χ1v) is 3.79. The summed E-state index contributed by atoms with van der Waals surface area (Å²) < 4.78 is 1.78. The van der Waals surface area contributed by atoms with Crippen LogP contribution in [0.4, 0.5) is 0 Å². The van der Waals surface area contributed by atoms with E-state index in [0.717, 1.165) is 5.82 Å². The van der Waals surface area contributed by atoms with Crippen LogP contribution in [0.2, 0.25) is 0 Å². The van der Waals surface area contributed by atoms with Crippen LogP contribution in [-0.2, 0) is 7.05 Å². The van der Waals surface area contributed by atoms with Crippen LogP contribution in [0.3, 0.4) is 0 Å². The lowest BCUT2D eigenvalue weighted by molar-refractivity contribution is 0.0988. The van der Waals surface area contributed by atoms with E-state index < -0.39 is 0 Å². The van der Waals surface area contributed by atoms with Gasteiger partial charge in [-0.05, 0) is 6.92 Å². The van der Waals surface area contributed by atoms with Gasteiger partial charge in [-0.2, -0.15) is 0 Å². The molecule has 0 aliphatic heterocycles. The molecule has 0 unspecified atom stereocenters. The predicted molar refractivity (Wildman–Crippen MR) is 47.1 cm³/mol. The molecule has 0 spiro atoms. The third kappa shape index (κ3) is 1.44. The van der Waals surface area contributed by atoms with E-state index >= 15 is 0 Å². The monoisotopic (exact) mass is 164 g/mol. The number of nitrogens with zero attached hydrogens (tertiary/aromatic N) is 2. The maximum atomic E-state index is 11.3. The summed E-state index contributed by atoms with van der Waals surface area (Å²) in [6.45, 7) is 5.38. The first-order valence-electron chi connectivity index (χ1n) is 3.79. The first kappa shape index (κ1) is 8.71. The van der Waals surface area contributed by atoms with Gasteiger partial charge in [-0.15, -0.1) is 6.58 Å². The predicted octanol–water partition coefficient (Wildman–Crippen LogP) is 1.49. The number of hydrogen-bond acceptors (Lipinski definition) is 2. The topological polar surface area (TPSA) is 34.9 Å². The molecule has 3 nitrogen and oxygen atoms in total. The summed E-state index contributed by atoms with van der Waals surface area (Å²) in [5.74, 6) is 0.913. The molecule has 1 aromatic rings. The van der Waals surface area contributed by atoms with E-state index in [0.29, 0.717) is 12.1 Å². The SMILES string of the molecule is C=CCC(=O)c1cnc(C)n1C. The summed E-state index contributed by atoms with van der Waals surface area (Å²) in [7, 11) is 1.83. The Bertz CT molecular complexity index is 312. The van der Waals surface area contributed by atoms with Crippen molar-refractivity contribution in [3.63, 3.8) is 0 Å². The molecule has 0 saturated carbocycles. The van der Waals surface area contributed by atoms with E-state index in [2.05, 4.69) is 11.6 Å². The smallest absolute Gasteiger partial charge is 0.184 e. The highest BCUT2D eigenvalue weighted by molar-refractivity contribution is 5.95. The van der Waals surface area contributed by atoms with Crippen LogP contribution >= 0.6 is 0 Å². The lowest BCUT2D eigenvalue weighted by atomic mass is 10.2. The van der Waals surface area contributed by atoms with Crippen molar-refractivity contribution in [1.82, 2.24) is 9.55 Å². The molecular weight excluding hydrogens is 152 g/mol. The van der Waals surface area contributed by atoms with Crippen LogP contribution in [0.15, 0.2) is 18.9 Å². The average molecular weight is 164 g/mol. The minimum Gasteiger partial charge on any atom is -0.329 e. The van der Waals surface area contributed by atoms with Crippen LogP contribution in [-0.4, -0.2) is 15.3 Å². The molecule has 0 atom stereocenters. The van der Waals surface area contributed by atoms with Crippen LogP contribution in [0.5, 0.6) is 0 Å². The third-order valence-electron chi connectivity index (χ3n) is 1.84. The summed E-state index contributed by atoms with van der Waals surface area (Å²) in [4.78, 5) is 15.4. The Morgan fingerprint density at radius 1 is 1.83 bits per heavy atom. The van der Waals surface area contributed by atoms with Crippen LogP contribution in [0.1, 0.15) is 22.7 Å². The molecule has 0 aliphatic rings. The Kier molecular flexibility index (Phi) is 2.43. The van der Waals surface area contributed by atoms with Gasteiger partial charge >= 0.3 is 0 Å². The molecule has 1 rings (SSSR count). The number of aryl methyl sites for hydroxylation is 1. The second kappa shape index (κ2) is 3.34. The molecular formula is C9H12N2O. The molecule has 1 heterocycles. The van der Waals surface area contributed by atoms with Gasteiger partial charge < -0.3 is 4.57 Å². The van der Waals surface area contributed by atoms with Crippen molar-refractivity contribution in [2.45, 2.75) is 13.3 Å². The van der Waals surface area contributed by atoms with Crippen molar-refractivity contribution in [3.05, 3.63) is 30.4 Å². The van der Waals surface area contributed by atoms with Gasteiger partial charge in [0.15, 0.2) is 5.78 Å². The van der Waals surface area contributed by atoms with Gasteiger partial charge in [0.05, 0.1) is 6.20 Å². The molecule has 0 amide bonds. The number of carbonyl (C=O) groups is 1. The van der Waals surface area contributed by atoms with E-state index in [1.54, 1.807) is 16.8 Å². The summed E-state index contributed by atoms with van der Waals surface area (Å²) >= 11 is 0. The molecule has 0 N–H and O–H groups in total. The van der Waals surface area contributed by atoms with Crippen molar-refractivity contribution in [1.29, 1.82) is 0 Å². The van der Waals surface area contributed by atoms with Crippen molar-refractivity contribution in [2.24, 2.45) is 7.05 Å². The zero-order valence-electron chi connectivity index (χ0n) is 7.37. The van der Waals surface area contributed by atoms with E-state index in [4.69, 9.17) is 0 Å². The number of rotatable bonds is 3. The van der Waals surface area contributed by atoms with Gasteiger partial charge in [-0.3, -0.25) is 4.79 Å². The Morgan fingerprint density at radius 3 is 2.92 bits per heavy atom. The lowest BCUT2D eigenvalue weighted by Crippen LogP contribution is -2.05. The number of aromatic nitrogens is 2. The minimum absolute atomic E-state index is 0.0631. The summed E-state index contributed by atoms with van der Waals surface area (Å²) in [6.07, 6.45) is 3.57. The van der Waals surface area contributed by atoms with E-state index in [9.17, 15) is 4.79 Å². The fraction of sp³-hybridized carbons (Fsp3) is 0.333. The quantitative estimate of drug-likeness (QED) is 0.501. The summed E-state index contributed by atoms with van der Waals surface area (Å²) in [5.41, 5.74) is 0.646. The number of hydrogen-bond donors (Lipinski definition) is 0. The molecule has 0 aromatic carbocycles. The van der Waals surface area contributed by atoms with Crippen LogP contribution in [0, 0.1) is 6.92 Å². The molecule has 1 aromatic heterocycles. The van der Waals surface area contributed by atoms with Gasteiger partial charge in [-0.1, -0.05) is 6.08 Å². The Hall–Kier alpha value is -1.38. The number of carbonyl (C=O) groups excluding carboxylic acids is 1. The second-order valence-electron chi connectivity index (χ2n) is 2.67. The summed E-state index contributed by atoms with van der Waals surface area (Å²) in [6, 6.07) is 0. The standard InChI is InChI=1S/C9H12N2O/c1-4-5-9(12)8-6-10-7(2)11(8)3/h4,6H,1,5H2,2-3H3. The fourth-order valence-corrected chi connectivity index (χ4v) is 0.997. The zero-order valence-corrected chi connectivity index (χ0v) is 7.37. The van der Waals surface area contributed by atoms with Gasteiger partial charge in [-0.25, -0.2) is 4.98 Å². The third-order valence-corrected chi connectivity index (χ3v) is 1.84. The molecule has 12 heavy (non-hydrogen) atoms. The highest BCUT2D eigenvalue weighted by Crippen LogP contribution is 2.04. The molecule has 0 radical (unpaired) electrons. The molecule has 0 aliphatic carbocycles. The van der Waals surface area contributed by atoms with Crippen molar-refractivity contribution < 1.29 is 4.79 Å². The maximum absolute atomic E-state index is 11.3. The molecule has 0 fully saturated rings. The second-order valence-corrected chi connectivity index (χ2v) is 2.67. The van der Waals surface area contributed by atoms with Crippen molar-refractivity contribution >= 4 is 5.78 Å². The molecule has 64 valence electrons.